The Hall–Kier alpha value is -2.61. The second-order valence-electron chi connectivity index (χ2n) is 10.4. The average Bonchev–Trinajstić information content (AvgIpc) is 3.41. The van der Waals surface area contributed by atoms with Crippen molar-refractivity contribution in [3.63, 3.8) is 0 Å². The van der Waals surface area contributed by atoms with Gasteiger partial charge in [-0.05, 0) is 36.3 Å². The van der Waals surface area contributed by atoms with E-state index in [1.54, 1.807) is 11.8 Å². The molecule has 1 aromatic heterocycles. The van der Waals surface area contributed by atoms with Crippen LogP contribution in [0.3, 0.4) is 0 Å². The van der Waals surface area contributed by atoms with Gasteiger partial charge in [-0.3, -0.25) is 4.79 Å². The van der Waals surface area contributed by atoms with Gasteiger partial charge in [0.1, 0.15) is 10.8 Å². The van der Waals surface area contributed by atoms with Crippen LogP contribution in [0.2, 0.25) is 0 Å². The van der Waals surface area contributed by atoms with Crippen LogP contribution in [0.15, 0.2) is 64.0 Å². The number of thioether (sulfide) groups is 1. The molecule has 0 spiro atoms. The second kappa shape index (κ2) is 7.69. The first-order chi connectivity index (χ1) is 16.9. The van der Waals surface area contributed by atoms with E-state index < -0.39 is 0 Å². The summed E-state index contributed by atoms with van der Waals surface area (Å²) in [6.45, 7) is 6.58. The standard InChI is InChI=1S/C28H27N2O3S2/c1-28(2)15-30-19-6-4-5-7-22(19)34-27(30)18-14-17-21(33-25(18)28)10-11-29-20-9-8-16(13-24(31)32-3)12-23(20)35-26(17)29/h4-9,12,14,21,25H,10-11,13,15H2,1-3H3/q+1. The zero-order chi connectivity index (χ0) is 23.9. The summed E-state index contributed by atoms with van der Waals surface area (Å²) in [6.07, 6.45) is 3.93. The molecule has 4 aliphatic heterocycles. The molecule has 178 valence electrons. The number of hydrogen-bond acceptors (Lipinski definition) is 6. The quantitative estimate of drug-likeness (QED) is 0.350. The molecule has 7 rings (SSSR count). The van der Waals surface area contributed by atoms with Gasteiger partial charge in [0.05, 0.1) is 41.3 Å². The molecule has 3 aromatic rings. The molecule has 0 N–H and O–H groups in total. The van der Waals surface area contributed by atoms with Gasteiger partial charge < -0.3 is 14.4 Å². The molecule has 0 aliphatic carbocycles. The Bertz CT molecular complexity index is 1470. The third kappa shape index (κ3) is 3.25. The second-order valence-corrected chi connectivity index (χ2v) is 12.5. The van der Waals surface area contributed by atoms with Crippen molar-refractivity contribution in [3.8, 4) is 0 Å². The molecule has 0 radical (unpaired) electrons. The summed E-state index contributed by atoms with van der Waals surface area (Å²) in [5, 5.41) is 2.59. The lowest BCUT2D eigenvalue weighted by atomic mass is 9.77. The topological polar surface area (TPSA) is 42.6 Å². The van der Waals surface area contributed by atoms with E-state index in [1.807, 2.05) is 17.4 Å². The van der Waals surface area contributed by atoms with Gasteiger partial charge in [0, 0.05) is 23.1 Å². The largest absolute Gasteiger partial charge is 0.469 e. The molecule has 5 nitrogen and oxygen atoms in total. The minimum absolute atomic E-state index is 0.00917. The summed E-state index contributed by atoms with van der Waals surface area (Å²) in [7, 11) is 1.44. The highest BCUT2D eigenvalue weighted by atomic mass is 32.2. The van der Waals surface area contributed by atoms with E-state index in [4.69, 9.17) is 9.47 Å². The number of carbonyl (C=O) groups excluding carboxylic acids is 1. The first kappa shape index (κ1) is 21.7. The van der Waals surface area contributed by atoms with Crippen LogP contribution < -0.4 is 9.47 Å². The van der Waals surface area contributed by atoms with Gasteiger partial charge in [0.15, 0.2) is 6.54 Å². The SMILES string of the molecule is COC(=O)Cc1ccc2c(c1)SC1=C3C=C4c5sc6ccccc6[n+]5CC(C)(C)C4OC3CCN12. The molecule has 0 bridgehead atoms. The molecular formula is C28H27N2O3S2+. The summed E-state index contributed by atoms with van der Waals surface area (Å²) < 4.78 is 15.6. The molecule has 5 heterocycles. The number of hydrogen-bond donors (Lipinski definition) is 0. The number of benzene rings is 2. The molecule has 7 heteroatoms. The highest BCUT2D eigenvalue weighted by Crippen LogP contribution is 2.54. The fourth-order valence-corrected chi connectivity index (χ4v) is 8.41. The Morgan fingerprint density at radius 1 is 1.26 bits per heavy atom. The lowest BCUT2D eigenvalue weighted by Crippen LogP contribution is -2.56. The van der Waals surface area contributed by atoms with Crippen molar-refractivity contribution in [3.05, 3.63) is 69.7 Å². The number of aromatic nitrogens is 1. The number of thiazole rings is 1. The van der Waals surface area contributed by atoms with Crippen molar-refractivity contribution < 1.29 is 18.8 Å². The smallest absolute Gasteiger partial charge is 0.309 e. The maximum absolute atomic E-state index is 11.8. The number of fused-ring (bicyclic) bond motifs is 9. The Labute approximate surface area is 213 Å². The van der Waals surface area contributed by atoms with Crippen LogP contribution in [-0.4, -0.2) is 31.8 Å². The van der Waals surface area contributed by atoms with Gasteiger partial charge >= 0.3 is 5.97 Å². The van der Waals surface area contributed by atoms with E-state index in [1.165, 1.54) is 49.1 Å². The van der Waals surface area contributed by atoms with Gasteiger partial charge in [-0.2, -0.15) is 4.57 Å². The molecule has 0 amide bonds. The zero-order valence-electron chi connectivity index (χ0n) is 20.0. The summed E-state index contributed by atoms with van der Waals surface area (Å²) in [4.78, 5) is 15.4. The fraction of sp³-hybridized carbons (Fsp3) is 0.357. The van der Waals surface area contributed by atoms with Crippen molar-refractivity contribution in [1.82, 2.24) is 0 Å². The molecule has 0 fully saturated rings. The maximum atomic E-state index is 11.8. The van der Waals surface area contributed by atoms with E-state index in [-0.39, 0.29) is 23.6 Å². The van der Waals surface area contributed by atoms with Crippen molar-refractivity contribution in [2.45, 2.75) is 50.3 Å². The van der Waals surface area contributed by atoms with Crippen molar-refractivity contribution in [1.29, 1.82) is 0 Å². The van der Waals surface area contributed by atoms with Crippen molar-refractivity contribution in [2.24, 2.45) is 5.41 Å². The van der Waals surface area contributed by atoms with E-state index in [9.17, 15) is 4.79 Å². The van der Waals surface area contributed by atoms with E-state index in [0.29, 0.717) is 6.42 Å². The highest BCUT2D eigenvalue weighted by molar-refractivity contribution is 8.03. The molecule has 4 aliphatic rings. The number of rotatable bonds is 2. The Balaban J connectivity index is 1.35. The van der Waals surface area contributed by atoms with Crippen LogP contribution in [0.1, 0.15) is 30.8 Å². The van der Waals surface area contributed by atoms with Gasteiger partial charge in [-0.1, -0.05) is 55.1 Å². The van der Waals surface area contributed by atoms with Gasteiger partial charge in [0.2, 0.25) is 5.52 Å². The molecule has 0 saturated carbocycles. The Morgan fingerprint density at radius 3 is 2.97 bits per heavy atom. The summed E-state index contributed by atoms with van der Waals surface area (Å²) in [5.41, 5.74) is 6.14. The van der Waals surface area contributed by atoms with Crippen LogP contribution in [0.5, 0.6) is 0 Å². The van der Waals surface area contributed by atoms with Gasteiger partial charge in [-0.25, -0.2) is 0 Å². The fourth-order valence-electron chi connectivity index (χ4n) is 5.91. The summed E-state index contributed by atoms with van der Waals surface area (Å²) >= 11 is 3.68. The minimum atomic E-state index is -0.208. The third-order valence-corrected chi connectivity index (χ3v) is 9.99. The minimum Gasteiger partial charge on any atom is -0.469 e. The number of carbonyl (C=O) groups is 1. The highest BCUT2D eigenvalue weighted by Gasteiger charge is 2.51. The molecule has 2 aromatic carbocycles. The molecule has 2 unspecified atom stereocenters. The monoisotopic (exact) mass is 503 g/mol. The van der Waals surface area contributed by atoms with Gasteiger partial charge in [-0.15, -0.1) is 0 Å². The van der Waals surface area contributed by atoms with Crippen molar-refractivity contribution in [2.75, 3.05) is 18.6 Å². The molecule has 2 atom stereocenters. The van der Waals surface area contributed by atoms with Gasteiger partial charge in [0.25, 0.3) is 5.01 Å². The van der Waals surface area contributed by atoms with E-state index in [0.717, 1.165) is 25.1 Å². The number of esters is 1. The summed E-state index contributed by atoms with van der Waals surface area (Å²) in [5.74, 6) is -0.208. The van der Waals surface area contributed by atoms with Crippen LogP contribution >= 0.6 is 23.1 Å². The zero-order valence-corrected chi connectivity index (χ0v) is 21.7. The Kier molecular flexibility index (Phi) is 4.76. The average molecular weight is 504 g/mol. The van der Waals surface area contributed by atoms with Crippen LogP contribution in [0, 0.1) is 5.41 Å². The Morgan fingerprint density at radius 2 is 2.11 bits per heavy atom. The lowest BCUT2D eigenvalue weighted by Gasteiger charge is -2.44. The van der Waals surface area contributed by atoms with E-state index >= 15 is 0 Å². The van der Waals surface area contributed by atoms with Crippen molar-refractivity contribution >= 4 is 50.5 Å². The number of anilines is 1. The van der Waals surface area contributed by atoms with E-state index in [2.05, 4.69) is 65.8 Å². The predicted molar refractivity (Wildman–Crippen MR) is 139 cm³/mol. The number of nitrogens with zero attached hydrogens (tertiary/aromatic N) is 2. The lowest BCUT2D eigenvalue weighted by molar-refractivity contribution is -0.688. The molecule has 35 heavy (non-hydrogen) atoms. The number of para-hydroxylation sites is 1. The predicted octanol–water partition coefficient (Wildman–Crippen LogP) is 5.32. The van der Waals surface area contributed by atoms with Crippen LogP contribution in [0.25, 0.3) is 15.8 Å². The number of ether oxygens (including phenoxy) is 2. The molecule has 0 saturated heterocycles. The number of methoxy groups -OCH3 is 1. The molecular weight excluding hydrogens is 476 g/mol. The maximum Gasteiger partial charge on any atom is 0.309 e. The summed E-state index contributed by atoms with van der Waals surface area (Å²) in [6, 6.07) is 15.1. The first-order valence-electron chi connectivity index (χ1n) is 12.1. The normalized spacial score (nSPS) is 23.7. The van der Waals surface area contributed by atoms with Crippen LogP contribution in [0.4, 0.5) is 5.69 Å². The third-order valence-electron chi connectivity index (χ3n) is 7.58. The first-order valence-corrected chi connectivity index (χ1v) is 13.7. The van der Waals surface area contributed by atoms with Crippen LogP contribution in [-0.2, 0) is 27.2 Å².